The SMILES string of the molecule is CCO[Si](OCC)(OCC(OC)OC)c1cccc2ccccc12. The standard InChI is InChI=1S/C18H26O5Si/c1-5-21-24(22-6-2,23-14-18(19-3)20-4)17-13-9-11-15-10-7-8-12-16(15)17/h7-13,18H,5-6,14H2,1-4H3. The predicted molar refractivity (Wildman–Crippen MR) is 96.3 cm³/mol. The average molecular weight is 350 g/mol. The molecule has 0 atom stereocenters. The molecule has 0 spiro atoms. The van der Waals surface area contributed by atoms with Crippen molar-refractivity contribution in [3.05, 3.63) is 42.5 Å². The van der Waals surface area contributed by atoms with Gasteiger partial charge in [-0.25, -0.2) is 0 Å². The van der Waals surface area contributed by atoms with Gasteiger partial charge in [0.25, 0.3) is 0 Å². The molecule has 0 heterocycles. The summed E-state index contributed by atoms with van der Waals surface area (Å²) in [4.78, 5) is 0. The molecule has 0 aliphatic rings. The maximum Gasteiger partial charge on any atom is 0.538 e. The first-order valence-corrected chi connectivity index (χ1v) is 9.88. The van der Waals surface area contributed by atoms with E-state index in [0.717, 1.165) is 16.0 Å². The second-order valence-electron chi connectivity index (χ2n) is 5.16. The van der Waals surface area contributed by atoms with E-state index in [0.29, 0.717) is 13.2 Å². The quantitative estimate of drug-likeness (QED) is 0.487. The van der Waals surface area contributed by atoms with Crippen LogP contribution in [0.1, 0.15) is 13.8 Å². The van der Waals surface area contributed by atoms with Gasteiger partial charge < -0.3 is 22.8 Å². The number of methoxy groups -OCH3 is 2. The molecule has 0 aliphatic carbocycles. The fourth-order valence-corrected chi connectivity index (χ4v) is 5.33. The van der Waals surface area contributed by atoms with Crippen LogP contribution in [-0.2, 0) is 22.8 Å². The molecular formula is C18H26O5Si. The van der Waals surface area contributed by atoms with Crippen molar-refractivity contribution >= 4 is 24.8 Å². The molecular weight excluding hydrogens is 324 g/mol. The normalized spacial score (nSPS) is 12.2. The van der Waals surface area contributed by atoms with Crippen LogP contribution in [0.3, 0.4) is 0 Å². The highest BCUT2D eigenvalue weighted by molar-refractivity contribution is 6.77. The summed E-state index contributed by atoms with van der Waals surface area (Å²) in [5, 5.41) is 3.18. The van der Waals surface area contributed by atoms with Gasteiger partial charge in [-0.2, -0.15) is 0 Å². The largest absolute Gasteiger partial charge is 0.538 e. The first-order valence-electron chi connectivity index (χ1n) is 8.16. The summed E-state index contributed by atoms with van der Waals surface area (Å²) in [5.74, 6) is 0. The van der Waals surface area contributed by atoms with Gasteiger partial charge in [0.1, 0.15) is 0 Å². The number of ether oxygens (including phenoxy) is 2. The molecule has 0 fully saturated rings. The third-order valence-electron chi connectivity index (χ3n) is 3.72. The van der Waals surface area contributed by atoms with E-state index < -0.39 is 15.1 Å². The molecule has 0 unspecified atom stereocenters. The molecule has 2 rings (SSSR count). The summed E-state index contributed by atoms with van der Waals surface area (Å²) < 4.78 is 28.8. The Morgan fingerprint density at radius 3 is 2.08 bits per heavy atom. The minimum atomic E-state index is -3.09. The summed E-state index contributed by atoms with van der Waals surface area (Å²) in [7, 11) is 0.0754. The van der Waals surface area contributed by atoms with Crippen molar-refractivity contribution in [3.63, 3.8) is 0 Å². The third-order valence-corrected chi connectivity index (χ3v) is 6.70. The summed E-state index contributed by atoms with van der Waals surface area (Å²) in [5.41, 5.74) is 0. The molecule has 2 aromatic rings. The minimum Gasteiger partial charge on any atom is -0.370 e. The maximum absolute atomic E-state index is 6.19. The lowest BCUT2D eigenvalue weighted by Gasteiger charge is -2.31. The van der Waals surface area contributed by atoms with E-state index >= 15 is 0 Å². The molecule has 0 radical (unpaired) electrons. The first-order chi connectivity index (χ1) is 11.7. The Labute approximate surface area is 144 Å². The number of hydrogen-bond acceptors (Lipinski definition) is 5. The molecule has 0 bridgehead atoms. The predicted octanol–water partition coefficient (Wildman–Crippen LogP) is 2.69. The molecule has 0 saturated heterocycles. The lowest BCUT2D eigenvalue weighted by molar-refractivity contribution is -0.131. The van der Waals surface area contributed by atoms with Crippen LogP contribution in [0.2, 0.25) is 0 Å². The maximum atomic E-state index is 6.19. The van der Waals surface area contributed by atoms with Crippen LogP contribution in [0.5, 0.6) is 0 Å². The summed E-state index contributed by atoms with van der Waals surface area (Å²) >= 11 is 0. The number of benzene rings is 2. The molecule has 132 valence electrons. The molecule has 0 aliphatic heterocycles. The zero-order chi connectivity index (χ0) is 17.4. The van der Waals surface area contributed by atoms with Gasteiger partial charge in [-0.15, -0.1) is 0 Å². The van der Waals surface area contributed by atoms with Gasteiger partial charge in [0.05, 0.1) is 6.61 Å². The Morgan fingerprint density at radius 2 is 1.46 bits per heavy atom. The smallest absolute Gasteiger partial charge is 0.370 e. The van der Waals surface area contributed by atoms with Gasteiger partial charge in [-0.05, 0) is 24.6 Å². The van der Waals surface area contributed by atoms with Crippen LogP contribution in [0, 0.1) is 0 Å². The second-order valence-corrected chi connectivity index (χ2v) is 7.68. The highest BCUT2D eigenvalue weighted by atomic mass is 28.4. The molecule has 5 nitrogen and oxygen atoms in total. The summed E-state index contributed by atoms with van der Waals surface area (Å²) in [6, 6.07) is 14.3. The molecule has 24 heavy (non-hydrogen) atoms. The van der Waals surface area contributed by atoms with Gasteiger partial charge in [0, 0.05) is 32.6 Å². The van der Waals surface area contributed by atoms with Crippen LogP contribution >= 0.6 is 0 Å². The third kappa shape index (κ3) is 4.21. The van der Waals surface area contributed by atoms with Gasteiger partial charge in [-0.3, -0.25) is 0 Å². The number of hydrogen-bond donors (Lipinski definition) is 0. The van der Waals surface area contributed by atoms with Crippen molar-refractivity contribution in [1.82, 2.24) is 0 Å². The number of rotatable bonds is 10. The van der Waals surface area contributed by atoms with Crippen molar-refractivity contribution in [2.75, 3.05) is 34.0 Å². The topological polar surface area (TPSA) is 46.2 Å². The highest BCUT2D eigenvalue weighted by Crippen LogP contribution is 2.19. The van der Waals surface area contributed by atoms with E-state index in [-0.39, 0.29) is 6.61 Å². The van der Waals surface area contributed by atoms with Gasteiger partial charge in [0.15, 0.2) is 6.29 Å². The monoisotopic (exact) mass is 350 g/mol. The zero-order valence-corrected chi connectivity index (χ0v) is 15.8. The van der Waals surface area contributed by atoms with E-state index in [4.69, 9.17) is 22.8 Å². The fraction of sp³-hybridized carbons (Fsp3) is 0.444. The van der Waals surface area contributed by atoms with Crippen molar-refractivity contribution in [1.29, 1.82) is 0 Å². The van der Waals surface area contributed by atoms with E-state index in [1.807, 2.05) is 38.1 Å². The Bertz CT molecular complexity index is 618. The highest BCUT2D eigenvalue weighted by Gasteiger charge is 2.45. The van der Waals surface area contributed by atoms with E-state index in [1.165, 1.54) is 0 Å². The molecule has 6 heteroatoms. The van der Waals surface area contributed by atoms with Crippen molar-refractivity contribution in [2.24, 2.45) is 0 Å². The first kappa shape index (κ1) is 19.0. The van der Waals surface area contributed by atoms with E-state index in [2.05, 4.69) is 18.2 Å². The lowest BCUT2D eigenvalue weighted by Crippen LogP contribution is -2.58. The molecule has 0 N–H and O–H groups in total. The zero-order valence-electron chi connectivity index (χ0n) is 14.8. The molecule has 0 saturated carbocycles. The van der Waals surface area contributed by atoms with Crippen LogP contribution < -0.4 is 5.19 Å². The molecule has 2 aromatic carbocycles. The average Bonchev–Trinajstić information content (AvgIpc) is 2.62. The van der Waals surface area contributed by atoms with E-state index in [1.54, 1.807) is 14.2 Å². The van der Waals surface area contributed by atoms with Gasteiger partial charge >= 0.3 is 8.80 Å². The van der Waals surface area contributed by atoms with Crippen LogP contribution in [0.25, 0.3) is 10.8 Å². The van der Waals surface area contributed by atoms with Crippen molar-refractivity contribution in [3.8, 4) is 0 Å². The Hall–Kier alpha value is -1.28. The molecule has 0 aromatic heterocycles. The number of fused-ring (bicyclic) bond motifs is 1. The van der Waals surface area contributed by atoms with Crippen molar-refractivity contribution in [2.45, 2.75) is 20.1 Å². The lowest BCUT2D eigenvalue weighted by atomic mass is 10.1. The van der Waals surface area contributed by atoms with E-state index in [9.17, 15) is 0 Å². The van der Waals surface area contributed by atoms with Crippen molar-refractivity contribution < 1.29 is 22.8 Å². The van der Waals surface area contributed by atoms with Crippen LogP contribution in [-0.4, -0.2) is 49.1 Å². The van der Waals surface area contributed by atoms with Gasteiger partial charge in [0.2, 0.25) is 0 Å². The Morgan fingerprint density at radius 1 is 0.833 bits per heavy atom. The second kappa shape index (κ2) is 9.27. The summed E-state index contributed by atoms with van der Waals surface area (Å²) in [6.07, 6.45) is -0.465. The minimum absolute atomic E-state index is 0.239. The Balaban J connectivity index is 2.46. The van der Waals surface area contributed by atoms with Gasteiger partial charge in [-0.1, -0.05) is 42.5 Å². The Kier molecular flexibility index (Phi) is 7.35. The van der Waals surface area contributed by atoms with Crippen LogP contribution in [0.15, 0.2) is 42.5 Å². The van der Waals surface area contributed by atoms with Crippen LogP contribution in [0.4, 0.5) is 0 Å². The summed E-state index contributed by atoms with van der Waals surface area (Å²) in [6.45, 7) is 5.13. The molecule has 0 amide bonds. The fourth-order valence-electron chi connectivity index (χ4n) is 2.64.